The number of hydrogen-bond acceptors (Lipinski definition) is 2. The summed E-state index contributed by atoms with van der Waals surface area (Å²) >= 11 is 6.07. The van der Waals surface area contributed by atoms with Gasteiger partial charge in [-0.25, -0.2) is 4.98 Å². The topological polar surface area (TPSA) is 24.9 Å². The Kier molecular flexibility index (Phi) is 3.42. The number of nitrogens with one attached hydrogen (secondary N) is 1. The lowest BCUT2D eigenvalue weighted by Gasteiger charge is -2.08. The zero-order chi connectivity index (χ0) is 11.4. The molecule has 0 unspecified atom stereocenters. The van der Waals surface area contributed by atoms with E-state index in [-0.39, 0.29) is 0 Å². The number of rotatable bonds is 3. The zero-order valence-corrected chi connectivity index (χ0v) is 9.83. The predicted octanol–water partition coefficient (Wildman–Crippen LogP) is 3.66. The third-order valence-corrected chi connectivity index (χ3v) is 2.78. The SMILES string of the molecule is Cc1cccnc1NCc1ccccc1Cl. The molecule has 0 fully saturated rings. The van der Waals surface area contributed by atoms with Crippen LogP contribution in [-0.4, -0.2) is 4.98 Å². The Balaban J connectivity index is 2.09. The van der Waals surface area contributed by atoms with Gasteiger partial charge in [0.15, 0.2) is 0 Å². The van der Waals surface area contributed by atoms with Crippen LogP contribution in [0.25, 0.3) is 0 Å². The monoisotopic (exact) mass is 232 g/mol. The van der Waals surface area contributed by atoms with Crippen LogP contribution in [0, 0.1) is 6.92 Å². The summed E-state index contributed by atoms with van der Waals surface area (Å²) in [6, 6.07) is 11.8. The van der Waals surface area contributed by atoms with Crippen molar-refractivity contribution in [3.8, 4) is 0 Å². The van der Waals surface area contributed by atoms with Gasteiger partial charge in [-0.1, -0.05) is 35.9 Å². The van der Waals surface area contributed by atoms with Gasteiger partial charge in [-0.15, -0.1) is 0 Å². The summed E-state index contributed by atoms with van der Waals surface area (Å²) in [5.41, 5.74) is 2.21. The molecule has 0 radical (unpaired) electrons. The molecule has 2 nitrogen and oxygen atoms in total. The van der Waals surface area contributed by atoms with Crippen molar-refractivity contribution in [1.29, 1.82) is 0 Å². The number of benzene rings is 1. The lowest BCUT2D eigenvalue weighted by atomic mass is 10.2. The highest BCUT2D eigenvalue weighted by Gasteiger charge is 2.00. The van der Waals surface area contributed by atoms with Gasteiger partial charge in [0.25, 0.3) is 0 Å². The number of hydrogen-bond donors (Lipinski definition) is 1. The number of pyridine rings is 1. The molecule has 0 spiro atoms. The molecule has 1 aromatic heterocycles. The number of aryl methyl sites for hydroxylation is 1. The van der Waals surface area contributed by atoms with E-state index in [4.69, 9.17) is 11.6 Å². The molecule has 0 amide bonds. The van der Waals surface area contributed by atoms with E-state index in [0.29, 0.717) is 6.54 Å². The van der Waals surface area contributed by atoms with Crippen LogP contribution in [0.1, 0.15) is 11.1 Å². The summed E-state index contributed by atoms with van der Waals surface area (Å²) in [6.07, 6.45) is 1.78. The first-order valence-corrected chi connectivity index (χ1v) is 5.54. The van der Waals surface area contributed by atoms with E-state index in [1.54, 1.807) is 6.20 Å². The second kappa shape index (κ2) is 4.99. The molecule has 0 aliphatic carbocycles. The first-order valence-electron chi connectivity index (χ1n) is 5.16. The molecular weight excluding hydrogens is 220 g/mol. The van der Waals surface area contributed by atoms with Gasteiger partial charge in [0.1, 0.15) is 5.82 Å². The van der Waals surface area contributed by atoms with E-state index in [0.717, 1.165) is 22.0 Å². The van der Waals surface area contributed by atoms with E-state index in [1.807, 2.05) is 43.3 Å². The molecule has 0 atom stereocenters. The molecule has 0 bridgehead atoms. The fourth-order valence-corrected chi connectivity index (χ4v) is 1.69. The van der Waals surface area contributed by atoms with E-state index in [9.17, 15) is 0 Å². The maximum atomic E-state index is 6.07. The van der Waals surface area contributed by atoms with Crippen LogP contribution in [0.15, 0.2) is 42.6 Å². The highest BCUT2D eigenvalue weighted by atomic mass is 35.5. The van der Waals surface area contributed by atoms with Crippen molar-refractivity contribution >= 4 is 17.4 Å². The minimum Gasteiger partial charge on any atom is -0.366 e. The van der Waals surface area contributed by atoms with Gasteiger partial charge in [-0.05, 0) is 30.2 Å². The summed E-state index contributed by atoms with van der Waals surface area (Å²) in [6.45, 7) is 2.72. The lowest BCUT2D eigenvalue weighted by Crippen LogP contribution is -2.03. The fourth-order valence-electron chi connectivity index (χ4n) is 1.49. The number of anilines is 1. The Morgan fingerprint density at radius 2 is 2.00 bits per heavy atom. The first-order chi connectivity index (χ1) is 7.77. The maximum Gasteiger partial charge on any atom is 0.129 e. The molecule has 1 aromatic carbocycles. The molecule has 0 saturated heterocycles. The molecular formula is C13H13ClN2. The van der Waals surface area contributed by atoms with E-state index in [1.165, 1.54) is 0 Å². The standard InChI is InChI=1S/C13H13ClN2/c1-10-5-4-8-15-13(10)16-9-11-6-2-3-7-12(11)14/h2-8H,9H2,1H3,(H,15,16). The first kappa shape index (κ1) is 11.0. The van der Waals surface area contributed by atoms with Crippen LogP contribution in [-0.2, 0) is 6.54 Å². The molecule has 0 aliphatic rings. The summed E-state index contributed by atoms with van der Waals surface area (Å²) < 4.78 is 0. The highest BCUT2D eigenvalue weighted by molar-refractivity contribution is 6.31. The zero-order valence-electron chi connectivity index (χ0n) is 9.07. The molecule has 3 heteroatoms. The maximum absolute atomic E-state index is 6.07. The summed E-state index contributed by atoms with van der Waals surface area (Å²) in [4.78, 5) is 4.27. The molecule has 0 aliphatic heterocycles. The third-order valence-electron chi connectivity index (χ3n) is 2.41. The molecule has 1 N–H and O–H groups in total. The van der Waals surface area contributed by atoms with Crippen LogP contribution in [0.2, 0.25) is 5.02 Å². The highest BCUT2D eigenvalue weighted by Crippen LogP contribution is 2.17. The lowest BCUT2D eigenvalue weighted by molar-refractivity contribution is 1.10. The Morgan fingerprint density at radius 3 is 2.75 bits per heavy atom. The average Bonchev–Trinajstić information content (AvgIpc) is 2.30. The summed E-state index contributed by atoms with van der Waals surface area (Å²) in [7, 11) is 0. The van der Waals surface area contributed by atoms with Crippen LogP contribution in [0.4, 0.5) is 5.82 Å². The Hall–Kier alpha value is -1.54. The predicted molar refractivity (Wildman–Crippen MR) is 67.8 cm³/mol. The van der Waals surface area contributed by atoms with Gasteiger partial charge in [0.2, 0.25) is 0 Å². The van der Waals surface area contributed by atoms with Gasteiger partial charge < -0.3 is 5.32 Å². The molecule has 2 rings (SSSR count). The van der Waals surface area contributed by atoms with Gasteiger partial charge in [-0.3, -0.25) is 0 Å². The van der Waals surface area contributed by atoms with Crippen molar-refractivity contribution < 1.29 is 0 Å². The molecule has 1 heterocycles. The quantitative estimate of drug-likeness (QED) is 0.874. The van der Waals surface area contributed by atoms with Crippen molar-refractivity contribution in [2.75, 3.05) is 5.32 Å². The van der Waals surface area contributed by atoms with Crippen molar-refractivity contribution in [1.82, 2.24) is 4.98 Å². The molecule has 82 valence electrons. The van der Waals surface area contributed by atoms with Crippen LogP contribution < -0.4 is 5.32 Å². The largest absolute Gasteiger partial charge is 0.366 e. The smallest absolute Gasteiger partial charge is 0.129 e. The second-order valence-electron chi connectivity index (χ2n) is 3.61. The Labute approximate surface area is 100 Å². The van der Waals surface area contributed by atoms with Crippen molar-refractivity contribution in [2.45, 2.75) is 13.5 Å². The number of nitrogens with zero attached hydrogens (tertiary/aromatic N) is 1. The van der Waals surface area contributed by atoms with Crippen molar-refractivity contribution in [3.05, 3.63) is 58.7 Å². The van der Waals surface area contributed by atoms with Gasteiger partial charge >= 0.3 is 0 Å². The summed E-state index contributed by atoms with van der Waals surface area (Å²) in [5, 5.41) is 4.06. The third kappa shape index (κ3) is 2.52. The molecule has 0 saturated carbocycles. The fraction of sp³-hybridized carbons (Fsp3) is 0.154. The van der Waals surface area contributed by atoms with E-state index >= 15 is 0 Å². The summed E-state index contributed by atoms with van der Waals surface area (Å²) in [5.74, 6) is 0.905. The molecule has 16 heavy (non-hydrogen) atoms. The van der Waals surface area contributed by atoms with E-state index in [2.05, 4.69) is 10.3 Å². The van der Waals surface area contributed by atoms with Crippen molar-refractivity contribution in [3.63, 3.8) is 0 Å². The Bertz CT molecular complexity index is 437. The molecule has 2 aromatic rings. The van der Waals surface area contributed by atoms with Crippen LogP contribution >= 0.6 is 11.6 Å². The number of aromatic nitrogens is 1. The van der Waals surface area contributed by atoms with Gasteiger partial charge in [0, 0.05) is 17.8 Å². The normalized spacial score (nSPS) is 10.1. The Morgan fingerprint density at radius 1 is 1.19 bits per heavy atom. The van der Waals surface area contributed by atoms with Gasteiger partial charge in [0.05, 0.1) is 0 Å². The minimum absolute atomic E-state index is 0.692. The van der Waals surface area contributed by atoms with Crippen LogP contribution in [0.5, 0.6) is 0 Å². The van der Waals surface area contributed by atoms with Gasteiger partial charge in [-0.2, -0.15) is 0 Å². The van der Waals surface area contributed by atoms with Crippen LogP contribution in [0.3, 0.4) is 0 Å². The van der Waals surface area contributed by atoms with Crippen molar-refractivity contribution in [2.24, 2.45) is 0 Å². The number of halogens is 1. The second-order valence-corrected chi connectivity index (χ2v) is 4.02. The van der Waals surface area contributed by atoms with E-state index < -0.39 is 0 Å². The average molecular weight is 233 g/mol. The minimum atomic E-state index is 0.692.